The number of benzene rings is 1. The normalized spacial score (nSPS) is 27.1. The van der Waals surface area contributed by atoms with E-state index in [1.54, 1.807) is 0 Å². The SMILES string of the molecule is Cc1cc(C)cc(OC2CCC(C)(C)C2O)c1. The van der Waals surface area contributed by atoms with Gasteiger partial charge in [0.2, 0.25) is 0 Å². The van der Waals surface area contributed by atoms with E-state index < -0.39 is 0 Å². The van der Waals surface area contributed by atoms with Crippen molar-refractivity contribution in [2.24, 2.45) is 5.41 Å². The Morgan fingerprint density at radius 2 is 1.76 bits per heavy atom. The zero-order chi connectivity index (χ0) is 12.6. The third-order valence-electron chi connectivity index (χ3n) is 3.71. The van der Waals surface area contributed by atoms with Crippen LogP contribution in [0.15, 0.2) is 18.2 Å². The van der Waals surface area contributed by atoms with Crippen molar-refractivity contribution in [2.45, 2.75) is 52.7 Å². The summed E-state index contributed by atoms with van der Waals surface area (Å²) in [5.74, 6) is 0.879. The van der Waals surface area contributed by atoms with Gasteiger partial charge in [-0.25, -0.2) is 0 Å². The molecule has 0 amide bonds. The molecule has 1 aliphatic carbocycles. The molecule has 1 aromatic rings. The molecule has 1 N–H and O–H groups in total. The highest BCUT2D eigenvalue weighted by Gasteiger charge is 2.42. The lowest BCUT2D eigenvalue weighted by Gasteiger charge is -2.26. The van der Waals surface area contributed by atoms with Gasteiger partial charge in [-0.2, -0.15) is 0 Å². The Morgan fingerprint density at radius 3 is 2.24 bits per heavy atom. The molecule has 2 atom stereocenters. The number of aliphatic hydroxyl groups is 1. The quantitative estimate of drug-likeness (QED) is 0.851. The average Bonchev–Trinajstić information content (AvgIpc) is 2.44. The number of hydrogen-bond donors (Lipinski definition) is 1. The van der Waals surface area contributed by atoms with E-state index in [2.05, 4.69) is 33.8 Å². The van der Waals surface area contributed by atoms with Crippen LogP contribution < -0.4 is 4.74 Å². The van der Waals surface area contributed by atoms with Gasteiger partial charge in [0, 0.05) is 0 Å². The Hall–Kier alpha value is -1.02. The van der Waals surface area contributed by atoms with Crippen molar-refractivity contribution in [3.63, 3.8) is 0 Å². The number of rotatable bonds is 2. The van der Waals surface area contributed by atoms with Crippen molar-refractivity contribution in [3.05, 3.63) is 29.3 Å². The summed E-state index contributed by atoms with van der Waals surface area (Å²) in [6, 6.07) is 6.19. The minimum atomic E-state index is -0.372. The summed E-state index contributed by atoms with van der Waals surface area (Å²) < 4.78 is 5.93. The van der Waals surface area contributed by atoms with Crippen molar-refractivity contribution < 1.29 is 9.84 Å². The predicted molar refractivity (Wildman–Crippen MR) is 69.4 cm³/mol. The van der Waals surface area contributed by atoms with E-state index in [4.69, 9.17) is 4.74 Å². The second-order valence-corrected chi connectivity index (χ2v) is 5.95. The zero-order valence-electron chi connectivity index (χ0n) is 11.2. The molecule has 2 heteroatoms. The first-order valence-electron chi connectivity index (χ1n) is 6.31. The van der Waals surface area contributed by atoms with Crippen LogP contribution in [0.3, 0.4) is 0 Å². The molecule has 1 saturated carbocycles. The smallest absolute Gasteiger partial charge is 0.125 e. The summed E-state index contributed by atoms with van der Waals surface area (Å²) in [5.41, 5.74) is 2.38. The molecule has 1 aromatic carbocycles. The molecule has 0 spiro atoms. The molecule has 0 aromatic heterocycles. The molecule has 17 heavy (non-hydrogen) atoms. The standard InChI is InChI=1S/C15H22O2/c1-10-7-11(2)9-12(8-10)17-13-5-6-15(3,4)14(13)16/h7-9,13-14,16H,5-6H2,1-4H3. The van der Waals surface area contributed by atoms with Gasteiger partial charge in [-0.1, -0.05) is 19.9 Å². The Balaban J connectivity index is 2.12. The van der Waals surface area contributed by atoms with E-state index in [0.717, 1.165) is 18.6 Å². The van der Waals surface area contributed by atoms with E-state index >= 15 is 0 Å². The molecule has 2 rings (SSSR count). The zero-order valence-corrected chi connectivity index (χ0v) is 11.2. The molecule has 2 unspecified atom stereocenters. The summed E-state index contributed by atoms with van der Waals surface area (Å²) in [5, 5.41) is 10.2. The molecule has 1 aliphatic rings. The summed E-state index contributed by atoms with van der Waals surface area (Å²) >= 11 is 0. The maximum atomic E-state index is 10.2. The number of hydrogen-bond acceptors (Lipinski definition) is 2. The minimum absolute atomic E-state index is 0.0243. The first-order chi connectivity index (χ1) is 7.88. The van der Waals surface area contributed by atoms with Crippen LogP contribution in [0.5, 0.6) is 5.75 Å². The van der Waals surface area contributed by atoms with Crippen LogP contribution in [-0.4, -0.2) is 17.3 Å². The van der Waals surface area contributed by atoms with Crippen LogP contribution in [0.2, 0.25) is 0 Å². The maximum Gasteiger partial charge on any atom is 0.125 e. The summed E-state index contributed by atoms with van der Waals surface area (Å²) in [6.07, 6.45) is 1.51. The fourth-order valence-corrected chi connectivity index (χ4v) is 2.62. The van der Waals surface area contributed by atoms with E-state index in [-0.39, 0.29) is 17.6 Å². The fourth-order valence-electron chi connectivity index (χ4n) is 2.62. The van der Waals surface area contributed by atoms with Crippen molar-refractivity contribution in [3.8, 4) is 5.75 Å². The van der Waals surface area contributed by atoms with Gasteiger partial charge < -0.3 is 9.84 Å². The van der Waals surface area contributed by atoms with Crippen molar-refractivity contribution in [1.82, 2.24) is 0 Å². The van der Waals surface area contributed by atoms with Crippen LogP contribution in [0.4, 0.5) is 0 Å². The summed E-state index contributed by atoms with van der Waals surface area (Å²) in [6.45, 7) is 8.33. The second kappa shape index (κ2) is 4.34. The number of ether oxygens (including phenoxy) is 1. The lowest BCUT2D eigenvalue weighted by atomic mass is 9.89. The fraction of sp³-hybridized carbons (Fsp3) is 0.600. The van der Waals surface area contributed by atoms with E-state index in [1.807, 2.05) is 12.1 Å². The molecule has 0 heterocycles. The molecule has 2 nitrogen and oxygen atoms in total. The largest absolute Gasteiger partial charge is 0.488 e. The molecule has 0 radical (unpaired) electrons. The molecular formula is C15H22O2. The van der Waals surface area contributed by atoms with E-state index in [1.165, 1.54) is 11.1 Å². The van der Waals surface area contributed by atoms with Crippen molar-refractivity contribution >= 4 is 0 Å². The Morgan fingerprint density at radius 1 is 1.18 bits per heavy atom. The van der Waals surface area contributed by atoms with Gasteiger partial charge in [-0.05, 0) is 55.4 Å². The van der Waals surface area contributed by atoms with Gasteiger partial charge in [0.15, 0.2) is 0 Å². The van der Waals surface area contributed by atoms with Crippen LogP contribution in [0, 0.1) is 19.3 Å². The molecule has 0 aliphatic heterocycles. The third kappa shape index (κ3) is 2.63. The van der Waals surface area contributed by atoms with Crippen molar-refractivity contribution in [2.75, 3.05) is 0 Å². The number of aliphatic hydroxyl groups excluding tert-OH is 1. The topological polar surface area (TPSA) is 29.5 Å². The monoisotopic (exact) mass is 234 g/mol. The van der Waals surface area contributed by atoms with Gasteiger partial charge in [-0.15, -0.1) is 0 Å². The highest BCUT2D eigenvalue weighted by atomic mass is 16.5. The summed E-state index contributed by atoms with van der Waals surface area (Å²) in [7, 11) is 0. The van der Waals surface area contributed by atoms with Crippen LogP contribution in [0.1, 0.15) is 37.8 Å². The molecule has 0 bridgehead atoms. The minimum Gasteiger partial charge on any atom is -0.488 e. The van der Waals surface area contributed by atoms with Crippen LogP contribution in [-0.2, 0) is 0 Å². The average molecular weight is 234 g/mol. The summed E-state index contributed by atoms with van der Waals surface area (Å²) in [4.78, 5) is 0. The Labute approximate surface area is 104 Å². The van der Waals surface area contributed by atoms with E-state index in [9.17, 15) is 5.11 Å². The van der Waals surface area contributed by atoms with Crippen LogP contribution >= 0.6 is 0 Å². The molecule has 0 saturated heterocycles. The van der Waals surface area contributed by atoms with E-state index in [0.29, 0.717) is 0 Å². The van der Waals surface area contributed by atoms with Gasteiger partial charge in [0.05, 0.1) is 6.10 Å². The van der Waals surface area contributed by atoms with Crippen molar-refractivity contribution in [1.29, 1.82) is 0 Å². The highest BCUT2D eigenvalue weighted by molar-refractivity contribution is 5.33. The number of aryl methyl sites for hydroxylation is 2. The lowest BCUT2D eigenvalue weighted by Crippen LogP contribution is -2.34. The second-order valence-electron chi connectivity index (χ2n) is 5.95. The van der Waals surface area contributed by atoms with Gasteiger partial charge in [-0.3, -0.25) is 0 Å². The maximum absolute atomic E-state index is 10.2. The van der Waals surface area contributed by atoms with Gasteiger partial charge >= 0.3 is 0 Å². The lowest BCUT2D eigenvalue weighted by molar-refractivity contribution is 0.00489. The van der Waals surface area contributed by atoms with Crippen LogP contribution in [0.25, 0.3) is 0 Å². The Bertz CT molecular complexity index is 389. The highest BCUT2D eigenvalue weighted by Crippen LogP contribution is 2.39. The van der Waals surface area contributed by atoms with Gasteiger partial charge in [0.25, 0.3) is 0 Å². The Kier molecular flexibility index (Phi) is 3.17. The molecular weight excluding hydrogens is 212 g/mol. The molecule has 1 fully saturated rings. The molecule has 94 valence electrons. The van der Waals surface area contributed by atoms with Gasteiger partial charge in [0.1, 0.15) is 11.9 Å². The first kappa shape index (κ1) is 12.4. The third-order valence-corrected chi connectivity index (χ3v) is 3.71. The first-order valence-corrected chi connectivity index (χ1v) is 6.31. The predicted octanol–water partition coefficient (Wildman–Crippen LogP) is 3.23.